The molecule has 0 atom stereocenters. The minimum Gasteiger partial charge on any atom is -0.491 e. The Morgan fingerprint density at radius 2 is 1.78 bits per heavy atom. The van der Waals surface area contributed by atoms with Gasteiger partial charge in [0.15, 0.2) is 11.5 Å². The van der Waals surface area contributed by atoms with Gasteiger partial charge in [-0.1, -0.05) is 20.8 Å². The maximum absolute atomic E-state index is 11.2. The number of hydrogen-bond acceptors (Lipinski definition) is 5. The van der Waals surface area contributed by atoms with Gasteiger partial charge < -0.3 is 14.7 Å². The van der Waals surface area contributed by atoms with Crippen LogP contribution < -0.4 is 14.7 Å². The topological polar surface area (TPSA) is 78.6 Å². The molecule has 0 bridgehead atoms. The lowest BCUT2D eigenvalue weighted by molar-refractivity contribution is 0.392. The Morgan fingerprint density at radius 3 is 2.17 bits per heavy atom. The van der Waals surface area contributed by atoms with Gasteiger partial charge in [-0.15, -0.1) is 0 Å². The third-order valence-electron chi connectivity index (χ3n) is 2.39. The summed E-state index contributed by atoms with van der Waals surface area (Å²) in [7, 11) is -2.21. The van der Waals surface area contributed by atoms with Gasteiger partial charge in [0.05, 0.1) is 19.1 Å². The Morgan fingerprint density at radius 1 is 1.22 bits per heavy atom. The number of nitrogens with two attached hydrogens (primary N) is 1. The summed E-state index contributed by atoms with van der Waals surface area (Å²) in [6.45, 7) is 6.00. The number of hydrogen-bond donors (Lipinski definition) is 1. The van der Waals surface area contributed by atoms with E-state index in [1.807, 2.05) is 20.8 Å². The Labute approximate surface area is 108 Å². The minimum absolute atomic E-state index is 0.116. The smallest absolute Gasteiger partial charge is 0.306 e. The second-order valence-electron chi connectivity index (χ2n) is 5.13. The molecule has 1 aromatic carbocycles. The monoisotopic (exact) mass is 273 g/mol. The van der Waals surface area contributed by atoms with Crippen LogP contribution in [0.2, 0.25) is 0 Å². The SMILES string of the molecule is COc1c(N)cc(C(C)(C)C)cc1OS(C)(=O)=O. The van der Waals surface area contributed by atoms with Crippen molar-refractivity contribution >= 4 is 15.8 Å². The predicted molar refractivity (Wildman–Crippen MR) is 71.6 cm³/mol. The normalized spacial score (nSPS) is 12.3. The summed E-state index contributed by atoms with van der Waals surface area (Å²) in [5.41, 5.74) is 6.90. The molecule has 0 fully saturated rings. The Kier molecular flexibility index (Phi) is 3.81. The van der Waals surface area contributed by atoms with E-state index in [1.54, 1.807) is 12.1 Å². The molecular weight excluding hydrogens is 254 g/mol. The maximum Gasteiger partial charge on any atom is 0.306 e. The van der Waals surface area contributed by atoms with Gasteiger partial charge in [-0.25, -0.2) is 0 Å². The summed E-state index contributed by atoms with van der Waals surface area (Å²) in [5, 5.41) is 0. The van der Waals surface area contributed by atoms with Crippen molar-refractivity contribution in [3.05, 3.63) is 17.7 Å². The molecule has 0 unspecified atom stereocenters. The van der Waals surface area contributed by atoms with E-state index in [0.717, 1.165) is 11.8 Å². The highest BCUT2D eigenvalue weighted by Crippen LogP contribution is 2.38. The molecule has 0 aliphatic rings. The largest absolute Gasteiger partial charge is 0.491 e. The van der Waals surface area contributed by atoms with Gasteiger partial charge in [-0.3, -0.25) is 0 Å². The van der Waals surface area contributed by atoms with E-state index < -0.39 is 10.1 Å². The van der Waals surface area contributed by atoms with Crippen molar-refractivity contribution in [3.63, 3.8) is 0 Å². The summed E-state index contributed by atoms with van der Waals surface area (Å²) >= 11 is 0. The van der Waals surface area contributed by atoms with E-state index in [-0.39, 0.29) is 16.9 Å². The van der Waals surface area contributed by atoms with Crippen LogP contribution in [-0.2, 0) is 15.5 Å². The van der Waals surface area contributed by atoms with Crippen LogP contribution >= 0.6 is 0 Å². The molecule has 0 spiro atoms. The van der Waals surface area contributed by atoms with E-state index in [2.05, 4.69) is 0 Å². The summed E-state index contributed by atoms with van der Waals surface area (Å²) in [6.07, 6.45) is 0.979. The molecule has 1 rings (SSSR count). The number of methoxy groups -OCH3 is 1. The summed E-state index contributed by atoms with van der Waals surface area (Å²) in [4.78, 5) is 0. The van der Waals surface area contributed by atoms with Crippen molar-refractivity contribution in [2.45, 2.75) is 26.2 Å². The fraction of sp³-hybridized carbons (Fsp3) is 0.500. The number of anilines is 1. The van der Waals surface area contributed by atoms with Crippen LogP contribution in [0.5, 0.6) is 11.5 Å². The minimum atomic E-state index is -3.62. The van der Waals surface area contributed by atoms with E-state index in [9.17, 15) is 8.42 Å². The molecule has 6 heteroatoms. The number of benzene rings is 1. The highest BCUT2D eigenvalue weighted by Gasteiger charge is 2.21. The Balaban J connectivity index is 3.42. The quantitative estimate of drug-likeness (QED) is 0.672. The van der Waals surface area contributed by atoms with Crippen LogP contribution in [-0.4, -0.2) is 21.8 Å². The van der Waals surface area contributed by atoms with E-state index >= 15 is 0 Å². The molecular formula is C12H19NO4S. The summed E-state index contributed by atoms with van der Waals surface area (Å²) < 4.78 is 32.4. The van der Waals surface area contributed by atoms with Gasteiger partial charge in [-0.05, 0) is 23.1 Å². The summed E-state index contributed by atoms with van der Waals surface area (Å²) in [5.74, 6) is 0.346. The van der Waals surface area contributed by atoms with Crippen molar-refractivity contribution in [3.8, 4) is 11.5 Å². The first-order valence-corrected chi connectivity index (χ1v) is 7.23. The van der Waals surface area contributed by atoms with Crippen molar-refractivity contribution in [2.24, 2.45) is 0 Å². The van der Waals surface area contributed by atoms with E-state index in [0.29, 0.717) is 5.69 Å². The van der Waals surface area contributed by atoms with Crippen molar-refractivity contribution in [1.82, 2.24) is 0 Å². The molecule has 2 N–H and O–H groups in total. The number of rotatable bonds is 3. The standard InChI is InChI=1S/C12H19NO4S/c1-12(2,3)8-6-9(13)11(16-4)10(7-8)17-18(5,14)15/h6-7H,13H2,1-5H3. The molecule has 0 amide bonds. The molecule has 102 valence electrons. The van der Waals surface area contributed by atoms with Crippen LogP contribution in [0.1, 0.15) is 26.3 Å². The summed E-state index contributed by atoms with van der Waals surface area (Å²) in [6, 6.07) is 3.39. The zero-order valence-electron chi connectivity index (χ0n) is 11.3. The fourth-order valence-corrected chi connectivity index (χ4v) is 1.95. The van der Waals surface area contributed by atoms with Crippen LogP contribution in [0.4, 0.5) is 5.69 Å². The van der Waals surface area contributed by atoms with Gasteiger partial charge in [0.1, 0.15) is 0 Å². The molecule has 0 aliphatic heterocycles. The van der Waals surface area contributed by atoms with Gasteiger partial charge in [0.2, 0.25) is 0 Å². The highest BCUT2D eigenvalue weighted by atomic mass is 32.2. The van der Waals surface area contributed by atoms with Crippen molar-refractivity contribution < 1.29 is 17.3 Å². The van der Waals surface area contributed by atoms with Gasteiger partial charge in [-0.2, -0.15) is 8.42 Å². The van der Waals surface area contributed by atoms with Gasteiger partial charge >= 0.3 is 10.1 Å². The first kappa shape index (κ1) is 14.6. The molecule has 0 radical (unpaired) electrons. The molecule has 5 nitrogen and oxygen atoms in total. The van der Waals surface area contributed by atoms with Crippen LogP contribution in [0, 0.1) is 0 Å². The third kappa shape index (κ3) is 3.53. The third-order valence-corrected chi connectivity index (χ3v) is 2.88. The molecule has 0 aliphatic carbocycles. The molecule has 0 saturated heterocycles. The van der Waals surface area contributed by atoms with Crippen LogP contribution in [0.25, 0.3) is 0 Å². The lowest BCUT2D eigenvalue weighted by Crippen LogP contribution is -2.14. The van der Waals surface area contributed by atoms with E-state index in [4.69, 9.17) is 14.7 Å². The Hall–Kier alpha value is -1.43. The Bertz CT molecular complexity index is 544. The van der Waals surface area contributed by atoms with Gasteiger partial charge in [0, 0.05) is 0 Å². The van der Waals surface area contributed by atoms with Crippen molar-refractivity contribution in [2.75, 3.05) is 19.1 Å². The maximum atomic E-state index is 11.2. The average molecular weight is 273 g/mol. The highest BCUT2D eigenvalue weighted by molar-refractivity contribution is 7.86. The van der Waals surface area contributed by atoms with Crippen molar-refractivity contribution in [1.29, 1.82) is 0 Å². The lowest BCUT2D eigenvalue weighted by atomic mass is 9.86. The number of ether oxygens (including phenoxy) is 1. The van der Waals surface area contributed by atoms with Crippen LogP contribution in [0.15, 0.2) is 12.1 Å². The van der Waals surface area contributed by atoms with E-state index in [1.165, 1.54) is 7.11 Å². The molecule has 1 aromatic rings. The second kappa shape index (κ2) is 4.68. The number of nitrogen functional groups attached to an aromatic ring is 1. The molecule has 0 aromatic heterocycles. The van der Waals surface area contributed by atoms with Crippen LogP contribution in [0.3, 0.4) is 0 Å². The lowest BCUT2D eigenvalue weighted by Gasteiger charge is -2.22. The fourth-order valence-electron chi connectivity index (χ4n) is 1.50. The molecule has 0 saturated carbocycles. The average Bonchev–Trinajstić information content (AvgIpc) is 2.13. The second-order valence-corrected chi connectivity index (χ2v) is 6.71. The first-order valence-electron chi connectivity index (χ1n) is 5.42. The molecule has 18 heavy (non-hydrogen) atoms. The zero-order valence-corrected chi connectivity index (χ0v) is 12.1. The first-order chi connectivity index (χ1) is 8.04. The molecule has 0 heterocycles. The van der Waals surface area contributed by atoms with Gasteiger partial charge in [0.25, 0.3) is 0 Å². The predicted octanol–water partition coefficient (Wildman–Crippen LogP) is 1.91. The zero-order chi connectivity index (χ0) is 14.1.